The molecule has 0 fully saturated rings. The summed E-state index contributed by atoms with van der Waals surface area (Å²) in [5.41, 5.74) is 3.40. The molecule has 0 saturated heterocycles. The molecule has 0 amide bonds. The first-order valence-corrected chi connectivity index (χ1v) is 10.8. The molecule has 2 aromatic carbocycles. The molecule has 3 aromatic rings. The van der Waals surface area contributed by atoms with Gasteiger partial charge in [0.15, 0.2) is 11.4 Å². The van der Waals surface area contributed by atoms with Gasteiger partial charge in [0.2, 0.25) is 0 Å². The number of fused-ring (bicyclic) bond motifs is 1. The highest BCUT2D eigenvalue weighted by Gasteiger charge is 2.17. The SMILES string of the molecule is CCCN(CCONO)Cc1cc(OC)c2c(NSc3ccccc3OC)noc2c1. The molecule has 0 spiro atoms. The summed E-state index contributed by atoms with van der Waals surface area (Å²) in [5, 5.41) is 13.6. The highest BCUT2D eigenvalue weighted by Crippen LogP contribution is 2.37. The maximum Gasteiger partial charge on any atom is 0.191 e. The van der Waals surface area contributed by atoms with Crippen LogP contribution >= 0.6 is 11.9 Å². The van der Waals surface area contributed by atoms with Gasteiger partial charge in [-0.15, -0.1) is 0 Å². The Morgan fingerprint density at radius 2 is 1.94 bits per heavy atom. The van der Waals surface area contributed by atoms with Crippen LogP contribution in [0.4, 0.5) is 5.82 Å². The summed E-state index contributed by atoms with van der Waals surface area (Å²) in [6, 6.07) is 11.7. The first-order valence-electron chi connectivity index (χ1n) is 9.95. The van der Waals surface area contributed by atoms with Gasteiger partial charge in [-0.1, -0.05) is 29.9 Å². The maximum atomic E-state index is 8.59. The van der Waals surface area contributed by atoms with Crippen LogP contribution in [0.5, 0.6) is 11.5 Å². The Balaban J connectivity index is 1.79. The average Bonchev–Trinajstić information content (AvgIpc) is 3.20. The molecule has 0 aliphatic carbocycles. The van der Waals surface area contributed by atoms with Crippen LogP contribution in [-0.4, -0.2) is 49.2 Å². The van der Waals surface area contributed by atoms with Crippen molar-refractivity contribution in [1.29, 1.82) is 0 Å². The zero-order chi connectivity index (χ0) is 22.1. The Kier molecular flexibility index (Phi) is 8.80. The van der Waals surface area contributed by atoms with Crippen molar-refractivity contribution < 1.29 is 24.0 Å². The van der Waals surface area contributed by atoms with Crippen LogP contribution in [0.2, 0.25) is 0 Å². The molecule has 3 N–H and O–H groups in total. The number of nitrogens with zero attached hydrogens (tertiary/aromatic N) is 2. The van der Waals surface area contributed by atoms with Crippen molar-refractivity contribution in [1.82, 2.24) is 15.7 Å². The van der Waals surface area contributed by atoms with E-state index in [0.717, 1.165) is 34.6 Å². The minimum atomic E-state index is 0.367. The lowest BCUT2D eigenvalue weighted by atomic mass is 10.1. The number of methoxy groups -OCH3 is 2. The first kappa shape index (κ1) is 23.2. The lowest BCUT2D eigenvalue weighted by molar-refractivity contribution is -0.130. The van der Waals surface area contributed by atoms with Crippen molar-refractivity contribution in [2.24, 2.45) is 0 Å². The van der Waals surface area contributed by atoms with Crippen molar-refractivity contribution in [3.8, 4) is 11.5 Å². The number of ether oxygens (including phenoxy) is 2. The fourth-order valence-electron chi connectivity index (χ4n) is 3.28. The first-order chi connectivity index (χ1) is 15.2. The van der Waals surface area contributed by atoms with Gasteiger partial charge in [-0.2, -0.15) is 0 Å². The third-order valence-electron chi connectivity index (χ3n) is 4.66. The van der Waals surface area contributed by atoms with Crippen LogP contribution in [0.25, 0.3) is 11.0 Å². The van der Waals surface area contributed by atoms with Crippen LogP contribution in [-0.2, 0) is 11.4 Å². The van der Waals surface area contributed by atoms with E-state index in [-0.39, 0.29) is 0 Å². The summed E-state index contributed by atoms with van der Waals surface area (Å²) in [6.07, 6.45) is 1.00. The van der Waals surface area contributed by atoms with Crippen LogP contribution in [0.1, 0.15) is 18.9 Å². The molecule has 0 atom stereocenters. The van der Waals surface area contributed by atoms with Gasteiger partial charge in [0, 0.05) is 13.1 Å². The molecular weight excluding hydrogens is 420 g/mol. The van der Waals surface area contributed by atoms with Gasteiger partial charge < -0.3 is 18.7 Å². The molecular formula is C21H28N4O5S. The second kappa shape index (κ2) is 11.8. The Bertz CT molecular complexity index is 968. The van der Waals surface area contributed by atoms with Gasteiger partial charge >= 0.3 is 0 Å². The zero-order valence-electron chi connectivity index (χ0n) is 17.9. The quantitative estimate of drug-likeness (QED) is 0.201. The number of benzene rings is 2. The number of para-hydroxylation sites is 1. The maximum absolute atomic E-state index is 8.59. The molecule has 10 heteroatoms. The van der Waals surface area contributed by atoms with Gasteiger partial charge in [0.1, 0.15) is 16.9 Å². The topological polar surface area (TPSA) is 101 Å². The number of nitrogens with one attached hydrogen (secondary N) is 2. The summed E-state index contributed by atoms with van der Waals surface area (Å²) in [7, 11) is 3.27. The molecule has 31 heavy (non-hydrogen) atoms. The van der Waals surface area contributed by atoms with Crippen molar-refractivity contribution in [2.45, 2.75) is 24.8 Å². The highest BCUT2D eigenvalue weighted by atomic mass is 32.2. The van der Waals surface area contributed by atoms with E-state index in [1.54, 1.807) is 19.9 Å². The van der Waals surface area contributed by atoms with Crippen LogP contribution in [0, 0.1) is 0 Å². The fraction of sp³-hybridized carbons (Fsp3) is 0.381. The van der Waals surface area contributed by atoms with E-state index in [2.05, 4.69) is 21.7 Å². The second-order valence-electron chi connectivity index (χ2n) is 6.77. The van der Waals surface area contributed by atoms with Gasteiger partial charge in [-0.25, -0.2) is 0 Å². The summed E-state index contributed by atoms with van der Waals surface area (Å²) in [5.74, 6) is 2.04. The number of rotatable bonds is 13. The molecule has 1 aromatic heterocycles. The average molecular weight is 449 g/mol. The zero-order valence-corrected chi connectivity index (χ0v) is 18.7. The standard InChI is InChI=1S/C21H28N4O5S/c1-4-9-25(10-11-29-24-26)14-15-12-17(28-3)20-18(13-15)30-22-21(20)23-31-19-8-6-5-7-16(19)27-2/h5-8,12-13,24,26H,4,9-11,14H2,1-3H3,(H,22,23). The predicted molar refractivity (Wildman–Crippen MR) is 119 cm³/mol. The molecule has 1 heterocycles. The van der Waals surface area contributed by atoms with E-state index in [9.17, 15) is 0 Å². The fourth-order valence-corrected chi connectivity index (χ4v) is 4.03. The predicted octanol–water partition coefficient (Wildman–Crippen LogP) is 4.09. The minimum Gasteiger partial charge on any atom is -0.496 e. The van der Waals surface area contributed by atoms with E-state index < -0.39 is 0 Å². The van der Waals surface area contributed by atoms with E-state index >= 15 is 0 Å². The number of anilines is 1. The largest absolute Gasteiger partial charge is 0.496 e. The lowest BCUT2D eigenvalue weighted by Crippen LogP contribution is -2.29. The minimum absolute atomic E-state index is 0.367. The summed E-state index contributed by atoms with van der Waals surface area (Å²) >= 11 is 1.39. The van der Waals surface area contributed by atoms with Crippen LogP contribution < -0.4 is 19.8 Å². The Morgan fingerprint density at radius 3 is 2.68 bits per heavy atom. The number of hydrogen-bond donors (Lipinski definition) is 3. The third kappa shape index (κ3) is 6.02. The van der Waals surface area contributed by atoms with Crippen molar-refractivity contribution in [3.05, 3.63) is 42.0 Å². The Hall–Kier alpha value is -2.50. The van der Waals surface area contributed by atoms with Gasteiger partial charge in [0.25, 0.3) is 0 Å². The van der Waals surface area contributed by atoms with Gasteiger partial charge in [0.05, 0.1) is 25.7 Å². The summed E-state index contributed by atoms with van der Waals surface area (Å²) in [4.78, 5) is 8.00. The van der Waals surface area contributed by atoms with Crippen LogP contribution in [0.3, 0.4) is 0 Å². The number of aromatic nitrogens is 1. The molecule has 0 bridgehead atoms. The highest BCUT2D eigenvalue weighted by molar-refractivity contribution is 8.00. The Labute approximate surface area is 185 Å². The molecule has 3 rings (SSSR count). The molecule has 0 radical (unpaired) electrons. The molecule has 168 valence electrons. The van der Waals surface area contributed by atoms with Crippen molar-refractivity contribution in [3.63, 3.8) is 0 Å². The third-order valence-corrected chi connectivity index (χ3v) is 5.52. The lowest BCUT2D eigenvalue weighted by Gasteiger charge is -2.21. The van der Waals surface area contributed by atoms with E-state index in [0.29, 0.717) is 36.8 Å². The smallest absolute Gasteiger partial charge is 0.191 e. The molecule has 0 aliphatic heterocycles. The van der Waals surface area contributed by atoms with Gasteiger partial charge in [-0.3, -0.25) is 14.9 Å². The van der Waals surface area contributed by atoms with E-state index in [1.807, 2.05) is 36.4 Å². The normalized spacial score (nSPS) is 11.3. The van der Waals surface area contributed by atoms with Crippen LogP contribution in [0.15, 0.2) is 45.8 Å². The van der Waals surface area contributed by atoms with E-state index in [1.165, 1.54) is 11.9 Å². The molecule has 9 nitrogen and oxygen atoms in total. The number of hydrogen-bond acceptors (Lipinski definition) is 10. The Morgan fingerprint density at radius 1 is 1.13 bits per heavy atom. The van der Waals surface area contributed by atoms with Crippen molar-refractivity contribution >= 4 is 28.7 Å². The van der Waals surface area contributed by atoms with Gasteiger partial charge in [-0.05, 0) is 54.7 Å². The molecule has 0 saturated carbocycles. The van der Waals surface area contributed by atoms with Crippen molar-refractivity contribution in [2.75, 3.05) is 38.6 Å². The monoisotopic (exact) mass is 448 g/mol. The molecule has 0 aliphatic rings. The summed E-state index contributed by atoms with van der Waals surface area (Å²) in [6.45, 7) is 4.74. The second-order valence-corrected chi connectivity index (χ2v) is 7.62. The molecule has 0 unspecified atom stereocenters. The summed E-state index contributed by atoms with van der Waals surface area (Å²) < 4.78 is 19.9. The van der Waals surface area contributed by atoms with E-state index in [4.69, 9.17) is 24.0 Å².